The maximum absolute atomic E-state index is 12.8. The molecule has 0 unspecified atom stereocenters. The first-order valence-electron chi connectivity index (χ1n) is 8.76. The lowest BCUT2D eigenvalue weighted by Crippen LogP contribution is -2.12. The van der Waals surface area contributed by atoms with Gasteiger partial charge >= 0.3 is 6.18 Å². The van der Waals surface area contributed by atoms with Gasteiger partial charge in [-0.1, -0.05) is 30.0 Å². The summed E-state index contributed by atoms with van der Waals surface area (Å²) in [5.41, 5.74) is 0.921. The molecule has 31 heavy (non-hydrogen) atoms. The lowest BCUT2D eigenvalue weighted by atomic mass is 10.1. The number of nitrogens with two attached hydrogens (primary N) is 1. The number of benzene rings is 3. The Balaban J connectivity index is 1.70. The summed E-state index contributed by atoms with van der Waals surface area (Å²) in [5.74, 6) is 9.96. The first-order valence-corrected chi connectivity index (χ1v) is 9.51. The van der Waals surface area contributed by atoms with Crippen LogP contribution in [0.2, 0.25) is 0 Å². The summed E-state index contributed by atoms with van der Waals surface area (Å²) in [6.45, 7) is 0. The molecule has 1 amide bonds. The number of hydrogen-bond acceptors (Lipinski definition) is 5. The summed E-state index contributed by atoms with van der Waals surface area (Å²) in [5, 5.41) is 2.75. The molecule has 0 atom stereocenters. The highest BCUT2D eigenvalue weighted by atomic mass is 32.2. The predicted molar refractivity (Wildman–Crippen MR) is 110 cm³/mol. The molecule has 0 spiro atoms. The maximum Gasteiger partial charge on any atom is 0.416 e. The highest BCUT2D eigenvalue weighted by Gasteiger charge is 2.30. The van der Waals surface area contributed by atoms with Gasteiger partial charge in [-0.2, -0.15) is 19.1 Å². The number of rotatable bonds is 5. The van der Waals surface area contributed by atoms with Crippen LogP contribution in [0, 0.1) is 11.8 Å². The number of carbonyl (C=O) groups is 1. The molecule has 5 nitrogen and oxygen atoms in total. The Morgan fingerprint density at radius 2 is 1.65 bits per heavy atom. The zero-order chi connectivity index (χ0) is 22.3. The second-order valence-corrected chi connectivity index (χ2v) is 6.85. The smallest absolute Gasteiger partial charge is 0.321 e. The average molecular weight is 444 g/mol. The van der Waals surface area contributed by atoms with Gasteiger partial charge in [-0.25, -0.2) is 0 Å². The van der Waals surface area contributed by atoms with Crippen LogP contribution in [0.1, 0.15) is 27.0 Å². The minimum atomic E-state index is -4.42. The van der Waals surface area contributed by atoms with E-state index in [2.05, 4.69) is 26.5 Å². The molecule has 0 bridgehead atoms. The van der Waals surface area contributed by atoms with Crippen LogP contribution in [0.15, 0.2) is 77.7 Å². The molecule has 3 aromatic carbocycles. The molecule has 0 saturated carbocycles. The monoisotopic (exact) mass is 444 g/mol. The third-order valence-electron chi connectivity index (χ3n) is 3.99. The fraction of sp³-hybridized carbons (Fsp3) is 0.0455. The minimum absolute atomic E-state index is 0.245. The van der Waals surface area contributed by atoms with Crippen LogP contribution < -0.4 is 11.2 Å². The number of para-hydroxylation sites is 1. The molecular weight excluding hydrogens is 429 g/mol. The fourth-order valence-electron chi connectivity index (χ4n) is 2.52. The van der Waals surface area contributed by atoms with Crippen LogP contribution in [0.5, 0.6) is 0 Å². The number of nitrogens with one attached hydrogen (secondary N) is 1. The van der Waals surface area contributed by atoms with Crippen molar-refractivity contribution < 1.29 is 27.3 Å². The van der Waals surface area contributed by atoms with E-state index in [1.807, 2.05) is 0 Å². The van der Waals surface area contributed by atoms with Gasteiger partial charge in [0.05, 0.1) is 28.2 Å². The van der Waals surface area contributed by atoms with Gasteiger partial charge < -0.3 is 5.32 Å². The molecule has 0 fully saturated rings. The molecular formula is C22H15F3N2O3S. The van der Waals surface area contributed by atoms with Crippen molar-refractivity contribution in [3.63, 3.8) is 0 Å². The number of anilines is 1. The van der Waals surface area contributed by atoms with Crippen LogP contribution in [-0.2, 0) is 15.5 Å². The standard InChI is InChI=1S/C22H15F3N2O3S/c23-22(24,25)18-5-3-4-16(14-18)9-8-15-10-12-17(13-11-15)21(28)27-19-6-1-2-7-20(19)31-30-29-26/h1-7,10-14H,26H2,(H,27,28). The van der Waals surface area contributed by atoms with Crippen molar-refractivity contribution in [3.8, 4) is 11.8 Å². The molecule has 0 heterocycles. The summed E-state index contributed by atoms with van der Waals surface area (Å²) < 4.78 is 43.0. The van der Waals surface area contributed by atoms with Crippen molar-refractivity contribution in [2.75, 3.05) is 5.32 Å². The number of carbonyl (C=O) groups excluding carboxylic acids is 1. The van der Waals surface area contributed by atoms with Crippen molar-refractivity contribution >= 4 is 23.6 Å². The third kappa shape index (κ3) is 6.34. The first-order chi connectivity index (χ1) is 14.9. The molecule has 0 aromatic heterocycles. The summed E-state index contributed by atoms with van der Waals surface area (Å²) >= 11 is 0.843. The van der Waals surface area contributed by atoms with Crippen LogP contribution in [0.3, 0.4) is 0 Å². The molecule has 158 valence electrons. The Morgan fingerprint density at radius 1 is 0.935 bits per heavy atom. The van der Waals surface area contributed by atoms with E-state index in [0.717, 1.165) is 24.2 Å². The van der Waals surface area contributed by atoms with E-state index in [4.69, 9.17) is 5.90 Å². The second-order valence-electron chi connectivity index (χ2n) is 6.10. The number of halogens is 3. The van der Waals surface area contributed by atoms with Crippen LogP contribution in [-0.4, -0.2) is 5.91 Å². The zero-order valence-electron chi connectivity index (χ0n) is 15.8. The van der Waals surface area contributed by atoms with Crippen molar-refractivity contribution in [2.45, 2.75) is 11.1 Å². The Morgan fingerprint density at radius 3 is 2.35 bits per heavy atom. The van der Waals surface area contributed by atoms with Gasteiger partial charge in [0.2, 0.25) is 0 Å². The minimum Gasteiger partial charge on any atom is -0.321 e. The normalized spacial score (nSPS) is 10.8. The molecule has 9 heteroatoms. The van der Waals surface area contributed by atoms with Gasteiger partial charge in [-0.05, 0) is 54.6 Å². The van der Waals surface area contributed by atoms with Crippen LogP contribution in [0.4, 0.5) is 18.9 Å². The van der Waals surface area contributed by atoms with E-state index in [1.165, 1.54) is 12.1 Å². The molecule has 0 aliphatic carbocycles. The number of amides is 1. The average Bonchev–Trinajstić information content (AvgIpc) is 2.77. The fourth-order valence-corrected chi connectivity index (χ4v) is 2.97. The lowest BCUT2D eigenvalue weighted by molar-refractivity contribution is -0.195. The number of alkyl halides is 3. The van der Waals surface area contributed by atoms with Crippen molar-refractivity contribution in [1.29, 1.82) is 0 Å². The molecule has 3 rings (SSSR count). The highest BCUT2D eigenvalue weighted by Crippen LogP contribution is 2.29. The quantitative estimate of drug-likeness (QED) is 0.245. The summed E-state index contributed by atoms with van der Waals surface area (Å²) in [4.78, 5) is 17.2. The van der Waals surface area contributed by atoms with Crippen LogP contribution in [0.25, 0.3) is 0 Å². The van der Waals surface area contributed by atoms with Crippen LogP contribution >= 0.6 is 12.0 Å². The molecule has 3 aromatic rings. The number of hydrogen-bond donors (Lipinski definition) is 2. The van der Waals surface area contributed by atoms with E-state index < -0.39 is 11.7 Å². The molecule has 0 aliphatic rings. The summed E-state index contributed by atoms with van der Waals surface area (Å²) in [6, 6.07) is 18.1. The molecule has 3 N–H and O–H groups in total. The largest absolute Gasteiger partial charge is 0.416 e. The Labute approximate surface area is 180 Å². The van der Waals surface area contributed by atoms with E-state index >= 15 is 0 Å². The third-order valence-corrected chi connectivity index (χ3v) is 4.67. The molecule has 0 aliphatic heterocycles. The van der Waals surface area contributed by atoms with Gasteiger partial charge in [0, 0.05) is 16.7 Å². The van der Waals surface area contributed by atoms with E-state index in [1.54, 1.807) is 48.5 Å². The van der Waals surface area contributed by atoms with E-state index in [9.17, 15) is 18.0 Å². The Kier molecular flexibility index (Phi) is 7.33. The van der Waals surface area contributed by atoms with Crippen molar-refractivity contribution in [3.05, 3.63) is 95.1 Å². The van der Waals surface area contributed by atoms with Crippen molar-refractivity contribution in [2.24, 2.45) is 5.90 Å². The maximum atomic E-state index is 12.8. The Hall–Kier alpha value is -3.29. The summed E-state index contributed by atoms with van der Waals surface area (Å²) in [7, 11) is 0. The second kappa shape index (κ2) is 10.1. The zero-order valence-corrected chi connectivity index (χ0v) is 16.6. The highest BCUT2D eigenvalue weighted by molar-refractivity contribution is 7.94. The Bertz CT molecular complexity index is 1120. The van der Waals surface area contributed by atoms with Crippen molar-refractivity contribution in [1.82, 2.24) is 0 Å². The van der Waals surface area contributed by atoms with Gasteiger partial charge in [0.15, 0.2) is 0 Å². The molecule has 0 saturated heterocycles. The van der Waals surface area contributed by atoms with Gasteiger partial charge in [-0.15, -0.1) is 9.32 Å². The van der Waals surface area contributed by atoms with Gasteiger partial charge in [0.25, 0.3) is 5.91 Å². The SMILES string of the molecule is NOOSc1ccccc1NC(=O)c1ccc(C#Cc2cccc(C(F)(F)F)c2)cc1. The van der Waals surface area contributed by atoms with Gasteiger partial charge in [-0.3, -0.25) is 4.79 Å². The predicted octanol–water partition coefficient (Wildman–Crippen LogP) is 5.19. The molecule has 0 radical (unpaired) electrons. The van der Waals surface area contributed by atoms with E-state index in [0.29, 0.717) is 21.7 Å². The lowest BCUT2D eigenvalue weighted by Gasteiger charge is -2.09. The first kappa shape index (κ1) is 22.4. The van der Waals surface area contributed by atoms with E-state index in [-0.39, 0.29) is 11.5 Å². The van der Waals surface area contributed by atoms with Gasteiger partial charge in [0.1, 0.15) is 0 Å². The summed E-state index contributed by atoms with van der Waals surface area (Å²) in [6.07, 6.45) is -4.42. The topological polar surface area (TPSA) is 73.6 Å².